The van der Waals surface area contributed by atoms with Gasteiger partial charge in [-0.3, -0.25) is 4.79 Å². The molecule has 0 aromatic heterocycles. The molecule has 1 fully saturated rings. The highest BCUT2D eigenvalue weighted by Gasteiger charge is 2.37. The number of amides is 1. The van der Waals surface area contributed by atoms with E-state index in [4.69, 9.17) is 0 Å². The first-order valence-electron chi connectivity index (χ1n) is 8.29. The van der Waals surface area contributed by atoms with E-state index in [1.54, 1.807) is 0 Å². The van der Waals surface area contributed by atoms with E-state index >= 15 is 0 Å². The van der Waals surface area contributed by atoms with E-state index in [1.165, 1.54) is 5.56 Å². The van der Waals surface area contributed by atoms with E-state index in [2.05, 4.69) is 62.9 Å². The molecule has 0 aliphatic heterocycles. The molecule has 0 heterocycles. The molecule has 1 unspecified atom stereocenters. The second-order valence-corrected chi connectivity index (χ2v) is 7.16. The molecule has 21 heavy (non-hydrogen) atoms. The van der Waals surface area contributed by atoms with Crippen LogP contribution in [0.5, 0.6) is 0 Å². The highest BCUT2D eigenvalue weighted by molar-refractivity contribution is 5.81. The summed E-state index contributed by atoms with van der Waals surface area (Å²) in [6.45, 7) is 10.7. The zero-order chi connectivity index (χ0) is 15.5. The Kier molecular flexibility index (Phi) is 5.08. The van der Waals surface area contributed by atoms with Crippen molar-refractivity contribution >= 4 is 5.91 Å². The quantitative estimate of drug-likeness (QED) is 0.725. The van der Waals surface area contributed by atoms with E-state index in [0.29, 0.717) is 17.7 Å². The fraction of sp³-hybridized carbons (Fsp3) is 0.632. The van der Waals surface area contributed by atoms with Crippen molar-refractivity contribution in [2.75, 3.05) is 13.1 Å². The average Bonchev–Trinajstić information content (AvgIpc) is 3.30. The Balaban J connectivity index is 2.08. The maximum Gasteiger partial charge on any atom is 0.225 e. The predicted octanol–water partition coefficient (Wildman–Crippen LogP) is 4.46. The predicted molar refractivity (Wildman–Crippen MR) is 88.2 cm³/mol. The van der Waals surface area contributed by atoms with Gasteiger partial charge < -0.3 is 4.90 Å². The summed E-state index contributed by atoms with van der Waals surface area (Å²) in [6, 6.07) is 10.6. The van der Waals surface area contributed by atoms with Gasteiger partial charge in [-0.05, 0) is 36.2 Å². The van der Waals surface area contributed by atoms with Crippen LogP contribution >= 0.6 is 0 Å². The molecule has 2 heteroatoms. The Morgan fingerprint density at radius 3 is 2.43 bits per heavy atom. The summed E-state index contributed by atoms with van der Waals surface area (Å²) in [5.41, 5.74) is 1.44. The van der Waals surface area contributed by atoms with Crippen molar-refractivity contribution in [1.82, 2.24) is 4.90 Å². The van der Waals surface area contributed by atoms with Gasteiger partial charge in [0.15, 0.2) is 0 Å². The molecule has 1 amide bonds. The topological polar surface area (TPSA) is 20.3 Å². The number of carbonyl (C=O) groups is 1. The van der Waals surface area contributed by atoms with Crippen LogP contribution in [-0.2, 0) is 4.79 Å². The molecule has 1 aromatic rings. The number of hydrogen-bond donors (Lipinski definition) is 0. The molecule has 0 radical (unpaired) electrons. The van der Waals surface area contributed by atoms with Crippen LogP contribution in [0.3, 0.4) is 0 Å². The van der Waals surface area contributed by atoms with Gasteiger partial charge in [0.05, 0.1) is 0 Å². The second-order valence-electron chi connectivity index (χ2n) is 7.16. The van der Waals surface area contributed by atoms with Gasteiger partial charge in [-0.1, -0.05) is 58.0 Å². The summed E-state index contributed by atoms with van der Waals surface area (Å²) in [4.78, 5) is 14.6. The normalized spacial score (nSPS) is 16.6. The first kappa shape index (κ1) is 16.1. The number of carbonyl (C=O) groups excluding carboxylic acids is 1. The maximum atomic E-state index is 12.5. The first-order valence-corrected chi connectivity index (χ1v) is 8.29. The molecule has 2 nitrogen and oxygen atoms in total. The molecule has 1 aliphatic rings. The zero-order valence-electron chi connectivity index (χ0n) is 13.9. The maximum absolute atomic E-state index is 12.5. The van der Waals surface area contributed by atoms with Crippen molar-refractivity contribution < 1.29 is 4.79 Å². The number of hydrogen-bond acceptors (Lipinski definition) is 1. The summed E-state index contributed by atoms with van der Waals surface area (Å²) < 4.78 is 0. The summed E-state index contributed by atoms with van der Waals surface area (Å²) in [7, 11) is 0. The summed E-state index contributed by atoms with van der Waals surface area (Å²) in [5, 5.41) is 0. The van der Waals surface area contributed by atoms with Crippen molar-refractivity contribution in [3.05, 3.63) is 35.9 Å². The second kappa shape index (κ2) is 6.64. The molecule has 0 spiro atoms. The third-order valence-corrected chi connectivity index (χ3v) is 4.80. The van der Waals surface area contributed by atoms with Crippen molar-refractivity contribution in [3.63, 3.8) is 0 Å². The van der Waals surface area contributed by atoms with Crippen molar-refractivity contribution in [3.8, 4) is 0 Å². The molecule has 1 atom stereocenters. The lowest BCUT2D eigenvalue weighted by Crippen LogP contribution is -2.42. The minimum absolute atomic E-state index is 0.0844. The monoisotopic (exact) mass is 287 g/mol. The van der Waals surface area contributed by atoms with Crippen molar-refractivity contribution in [2.45, 2.75) is 52.9 Å². The van der Waals surface area contributed by atoms with Gasteiger partial charge in [0.1, 0.15) is 0 Å². The highest BCUT2D eigenvalue weighted by atomic mass is 16.2. The Morgan fingerprint density at radius 2 is 1.90 bits per heavy atom. The fourth-order valence-electron chi connectivity index (χ4n) is 2.95. The van der Waals surface area contributed by atoms with Crippen LogP contribution in [0, 0.1) is 11.3 Å². The van der Waals surface area contributed by atoms with Gasteiger partial charge in [0, 0.05) is 19.0 Å². The lowest BCUT2D eigenvalue weighted by atomic mass is 9.75. The first-order chi connectivity index (χ1) is 9.95. The molecular weight excluding hydrogens is 258 g/mol. The zero-order valence-corrected chi connectivity index (χ0v) is 13.9. The van der Waals surface area contributed by atoms with Crippen molar-refractivity contribution in [1.29, 1.82) is 0 Å². The van der Waals surface area contributed by atoms with Gasteiger partial charge >= 0.3 is 0 Å². The van der Waals surface area contributed by atoms with Crippen molar-refractivity contribution in [2.24, 2.45) is 11.3 Å². The lowest BCUT2D eigenvalue weighted by Gasteiger charge is -2.37. The standard InChI is InChI=1S/C19H29NO/c1-5-13-20(18(21)17-11-12-17)14-19(3,4)15(2)16-9-7-6-8-10-16/h6-10,15,17H,5,11-14H2,1-4H3. The fourth-order valence-corrected chi connectivity index (χ4v) is 2.95. The Labute approximate surface area is 129 Å². The molecule has 0 N–H and O–H groups in total. The molecule has 0 saturated heterocycles. The summed E-state index contributed by atoms with van der Waals surface area (Å²) in [5.74, 6) is 1.13. The molecule has 1 aliphatic carbocycles. The molecule has 1 saturated carbocycles. The molecule has 116 valence electrons. The van der Waals surface area contributed by atoms with Gasteiger partial charge in [-0.25, -0.2) is 0 Å². The van der Waals surface area contributed by atoms with Crippen LogP contribution in [-0.4, -0.2) is 23.9 Å². The van der Waals surface area contributed by atoms with Gasteiger partial charge in [0.2, 0.25) is 5.91 Å². The van der Waals surface area contributed by atoms with Gasteiger partial charge in [0.25, 0.3) is 0 Å². The number of nitrogens with zero attached hydrogens (tertiary/aromatic N) is 1. The van der Waals surface area contributed by atoms with Crippen LogP contribution < -0.4 is 0 Å². The summed E-state index contributed by atoms with van der Waals surface area (Å²) in [6.07, 6.45) is 3.22. The van der Waals surface area contributed by atoms with Crippen LogP contribution in [0.2, 0.25) is 0 Å². The van der Waals surface area contributed by atoms with Crippen LogP contribution in [0.1, 0.15) is 58.4 Å². The van der Waals surface area contributed by atoms with Crippen LogP contribution in [0.4, 0.5) is 0 Å². The van der Waals surface area contributed by atoms with Crippen LogP contribution in [0.15, 0.2) is 30.3 Å². The van der Waals surface area contributed by atoms with E-state index in [0.717, 1.165) is 32.4 Å². The minimum Gasteiger partial charge on any atom is -0.342 e. The van der Waals surface area contributed by atoms with E-state index < -0.39 is 0 Å². The van der Waals surface area contributed by atoms with Crippen LogP contribution in [0.25, 0.3) is 0 Å². The van der Waals surface area contributed by atoms with E-state index in [1.807, 2.05) is 0 Å². The Bertz CT molecular complexity index is 462. The third kappa shape index (κ3) is 4.09. The number of rotatable bonds is 7. The SMILES string of the molecule is CCCN(CC(C)(C)C(C)c1ccccc1)C(=O)C1CC1. The molecule has 0 bridgehead atoms. The third-order valence-electron chi connectivity index (χ3n) is 4.80. The van der Waals surface area contributed by atoms with E-state index in [-0.39, 0.29) is 5.41 Å². The minimum atomic E-state index is 0.0844. The highest BCUT2D eigenvalue weighted by Crippen LogP contribution is 2.38. The number of benzene rings is 1. The molecule has 2 rings (SSSR count). The Morgan fingerprint density at radius 1 is 1.29 bits per heavy atom. The Hall–Kier alpha value is -1.31. The molecular formula is C19H29NO. The van der Waals surface area contributed by atoms with E-state index in [9.17, 15) is 4.79 Å². The smallest absolute Gasteiger partial charge is 0.225 e. The van der Waals surface area contributed by atoms with Gasteiger partial charge in [-0.2, -0.15) is 0 Å². The summed E-state index contributed by atoms with van der Waals surface area (Å²) >= 11 is 0. The molecule has 1 aromatic carbocycles. The average molecular weight is 287 g/mol. The van der Waals surface area contributed by atoms with Gasteiger partial charge in [-0.15, -0.1) is 0 Å². The lowest BCUT2D eigenvalue weighted by molar-refractivity contribution is -0.134. The largest absolute Gasteiger partial charge is 0.342 e.